The Morgan fingerprint density at radius 1 is 0.917 bits per heavy atom. The number of ether oxygens (including phenoxy) is 1. The molecule has 0 fully saturated rings. The summed E-state index contributed by atoms with van der Waals surface area (Å²) in [5, 5.41) is 0. The maximum absolute atomic E-state index is 5.38. The molecular formula is C10H23NO. The van der Waals surface area contributed by atoms with Crippen LogP contribution in [0.2, 0.25) is 0 Å². The Morgan fingerprint density at radius 2 is 1.58 bits per heavy atom. The first kappa shape index (κ1) is 11.9. The minimum Gasteiger partial charge on any atom is -0.381 e. The van der Waals surface area contributed by atoms with E-state index in [9.17, 15) is 0 Å². The van der Waals surface area contributed by atoms with Crippen LogP contribution in [-0.4, -0.2) is 19.8 Å². The lowest BCUT2D eigenvalue weighted by molar-refractivity contribution is 0.130. The Labute approximate surface area is 76.5 Å². The molecule has 0 aromatic rings. The van der Waals surface area contributed by atoms with E-state index in [0.29, 0.717) is 0 Å². The fraction of sp³-hybridized carbons (Fsp3) is 1.00. The molecule has 0 spiro atoms. The zero-order valence-electron chi connectivity index (χ0n) is 8.35. The lowest BCUT2D eigenvalue weighted by Gasteiger charge is -2.01. The highest BCUT2D eigenvalue weighted by Crippen LogP contribution is 2.02. The maximum atomic E-state index is 5.38. The van der Waals surface area contributed by atoms with Gasteiger partial charge in [0.1, 0.15) is 0 Å². The Bertz CT molecular complexity index is 66.2. The molecule has 0 atom stereocenters. The highest BCUT2D eigenvalue weighted by atomic mass is 16.5. The molecule has 0 unspecified atom stereocenters. The van der Waals surface area contributed by atoms with E-state index in [2.05, 4.69) is 6.92 Å². The van der Waals surface area contributed by atoms with Gasteiger partial charge in [0.2, 0.25) is 0 Å². The summed E-state index contributed by atoms with van der Waals surface area (Å²) in [6.45, 7) is 4.84. The Kier molecular flexibility index (Phi) is 10.8. The molecule has 0 saturated heterocycles. The zero-order chi connectivity index (χ0) is 9.07. The summed E-state index contributed by atoms with van der Waals surface area (Å²) in [5.41, 5.74) is 5.38. The first-order valence-electron chi connectivity index (χ1n) is 5.19. The molecule has 0 aromatic carbocycles. The molecule has 0 aromatic heterocycles. The summed E-state index contributed by atoms with van der Waals surface area (Å²) in [4.78, 5) is 0. The summed E-state index contributed by atoms with van der Waals surface area (Å²) in [7, 11) is 0. The summed E-state index contributed by atoms with van der Waals surface area (Å²) < 4.78 is 5.36. The minimum atomic E-state index is 0.840. The molecule has 0 heterocycles. The molecule has 0 amide bonds. The molecule has 12 heavy (non-hydrogen) atoms. The molecule has 0 aliphatic carbocycles. The second kappa shape index (κ2) is 10.9. The van der Waals surface area contributed by atoms with Crippen molar-refractivity contribution in [3.05, 3.63) is 0 Å². The van der Waals surface area contributed by atoms with Gasteiger partial charge in [-0.05, 0) is 25.8 Å². The van der Waals surface area contributed by atoms with E-state index in [1.165, 1.54) is 32.1 Å². The first-order valence-corrected chi connectivity index (χ1v) is 5.19. The van der Waals surface area contributed by atoms with Crippen LogP contribution in [0.1, 0.15) is 45.4 Å². The molecule has 2 nitrogen and oxygen atoms in total. The van der Waals surface area contributed by atoms with Crippen molar-refractivity contribution in [2.24, 2.45) is 5.73 Å². The van der Waals surface area contributed by atoms with Gasteiger partial charge in [0, 0.05) is 13.2 Å². The summed E-state index contributed by atoms with van der Waals surface area (Å²) in [6.07, 6.45) is 7.41. The Hall–Kier alpha value is -0.0800. The minimum absolute atomic E-state index is 0.840. The second-order valence-electron chi connectivity index (χ2n) is 3.17. The average Bonchev–Trinajstić information content (AvgIpc) is 2.10. The van der Waals surface area contributed by atoms with E-state index in [4.69, 9.17) is 10.5 Å². The van der Waals surface area contributed by atoms with Gasteiger partial charge >= 0.3 is 0 Å². The quantitative estimate of drug-likeness (QED) is 0.543. The van der Waals surface area contributed by atoms with Crippen LogP contribution in [0.25, 0.3) is 0 Å². The highest BCUT2D eigenvalue weighted by molar-refractivity contribution is 4.44. The van der Waals surface area contributed by atoms with Crippen LogP contribution < -0.4 is 5.73 Å². The molecular weight excluding hydrogens is 150 g/mol. The topological polar surface area (TPSA) is 35.2 Å². The van der Waals surface area contributed by atoms with Crippen molar-refractivity contribution >= 4 is 0 Å². The van der Waals surface area contributed by atoms with Gasteiger partial charge in [-0.3, -0.25) is 0 Å². The number of hydrogen-bond acceptors (Lipinski definition) is 2. The predicted octanol–water partition coefficient (Wildman–Crippen LogP) is 2.32. The largest absolute Gasteiger partial charge is 0.381 e. The van der Waals surface area contributed by atoms with E-state index >= 15 is 0 Å². The summed E-state index contributed by atoms with van der Waals surface area (Å²) in [6, 6.07) is 0. The van der Waals surface area contributed by atoms with Crippen LogP contribution in [-0.2, 0) is 4.74 Å². The molecule has 2 heteroatoms. The number of rotatable bonds is 9. The van der Waals surface area contributed by atoms with Gasteiger partial charge in [-0.1, -0.05) is 26.2 Å². The lowest BCUT2D eigenvalue weighted by Crippen LogP contribution is -1.98. The van der Waals surface area contributed by atoms with Crippen LogP contribution in [0.15, 0.2) is 0 Å². The van der Waals surface area contributed by atoms with Crippen LogP contribution >= 0.6 is 0 Å². The standard InChI is InChI=1S/C10H23NO/c1-2-9-12-10-7-5-3-4-6-8-11/h2-11H2,1H3. The van der Waals surface area contributed by atoms with Gasteiger partial charge in [0.05, 0.1) is 0 Å². The third-order valence-corrected chi connectivity index (χ3v) is 1.84. The van der Waals surface area contributed by atoms with E-state index in [1.807, 2.05) is 0 Å². The van der Waals surface area contributed by atoms with Crippen molar-refractivity contribution < 1.29 is 4.74 Å². The number of nitrogens with two attached hydrogens (primary N) is 1. The van der Waals surface area contributed by atoms with Crippen LogP contribution in [0.5, 0.6) is 0 Å². The summed E-state index contributed by atoms with van der Waals surface area (Å²) in [5.74, 6) is 0. The van der Waals surface area contributed by atoms with Gasteiger partial charge in [0.15, 0.2) is 0 Å². The van der Waals surface area contributed by atoms with Gasteiger partial charge in [-0.2, -0.15) is 0 Å². The number of unbranched alkanes of at least 4 members (excludes halogenated alkanes) is 4. The molecule has 0 bridgehead atoms. The maximum Gasteiger partial charge on any atom is 0.0466 e. The fourth-order valence-electron chi connectivity index (χ4n) is 1.13. The van der Waals surface area contributed by atoms with E-state index in [1.54, 1.807) is 0 Å². The van der Waals surface area contributed by atoms with E-state index in [-0.39, 0.29) is 0 Å². The van der Waals surface area contributed by atoms with Crippen molar-refractivity contribution in [1.82, 2.24) is 0 Å². The molecule has 0 aliphatic rings. The van der Waals surface area contributed by atoms with Gasteiger partial charge in [-0.15, -0.1) is 0 Å². The van der Waals surface area contributed by atoms with Gasteiger partial charge in [-0.25, -0.2) is 0 Å². The molecule has 0 aliphatic heterocycles. The van der Waals surface area contributed by atoms with Crippen LogP contribution in [0, 0.1) is 0 Å². The highest BCUT2D eigenvalue weighted by Gasteiger charge is 1.89. The monoisotopic (exact) mass is 173 g/mol. The van der Waals surface area contributed by atoms with Gasteiger partial charge < -0.3 is 10.5 Å². The lowest BCUT2D eigenvalue weighted by atomic mass is 10.1. The van der Waals surface area contributed by atoms with Crippen molar-refractivity contribution in [2.75, 3.05) is 19.8 Å². The molecule has 0 rings (SSSR count). The first-order chi connectivity index (χ1) is 5.91. The normalized spacial score (nSPS) is 10.5. The third kappa shape index (κ3) is 9.92. The van der Waals surface area contributed by atoms with Crippen molar-refractivity contribution in [3.8, 4) is 0 Å². The van der Waals surface area contributed by atoms with Crippen molar-refractivity contribution in [3.63, 3.8) is 0 Å². The van der Waals surface area contributed by atoms with Crippen molar-refractivity contribution in [1.29, 1.82) is 0 Å². The SMILES string of the molecule is CCCOCCCCCCCN. The third-order valence-electron chi connectivity index (χ3n) is 1.84. The fourth-order valence-corrected chi connectivity index (χ4v) is 1.13. The van der Waals surface area contributed by atoms with E-state index < -0.39 is 0 Å². The Morgan fingerprint density at radius 3 is 2.25 bits per heavy atom. The molecule has 74 valence electrons. The van der Waals surface area contributed by atoms with E-state index in [0.717, 1.165) is 26.2 Å². The molecule has 0 saturated carbocycles. The number of hydrogen-bond donors (Lipinski definition) is 1. The van der Waals surface area contributed by atoms with Crippen LogP contribution in [0.4, 0.5) is 0 Å². The zero-order valence-corrected chi connectivity index (χ0v) is 8.35. The summed E-state index contributed by atoms with van der Waals surface area (Å²) >= 11 is 0. The van der Waals surface area contributed by atoms with Gasteiger partial charge in [0.25, 0.3) is 0 Å². The second-order valence-corrected chi connectivity index (χ2v) is 3.17. The molecule has 2 N–H and O–H groups in total. The van der Waals surface area contributed by atoms with Crippen molar-refractivity contribution in [2.45, 2.75) is 45.4 Å². The Balaban J connectivity index is 2.73. The smallest absolute Gasteiger partial charge is 0.0466 e. The predicted molar refractivity (Wildman–Crippen MR) is 53.2 cm³/mol. The molecule has 0 radical (unpaired) electrons. The average molecular weight is 173 g/mol. The van der Waals surface area contributed by atoms with Crippen LogP contribution in [0.3, 0.4) is 0 Å².